The van der Waals surface area contributed by atoms with Crippen LogP contribution in [0.4, 0.5) is 5.69 Å². The molecule has 0 atom stereocenters. The molecule has 0 saturated carbocycles. The quantitative estimate of drug-likeness (QED) is 0.617. The van der Waals surface area contributed by atoms with Crippen LogP contribution < -0.4 is 10.6 Å². The minimum absolute atomic E-state index is 0.0588. The standard InChI is InChI=1S/C25H31N3O4S/c1-19(2)24(29)27-23-10-6-9-21(17-23)18-26-25(30)22-11-14-28(15-12-22)33(31,32)16-13-20-7-4-3-5-8-20/h3-10,13,16-17,19,22H,11-12,14-15,18H2,1-2H3,(H,26,30)(H,27,29)/b16-13+. The molecular weight excluding hydrogens is 438 g/mol. The van der Waals surface area contributed by atoms with Crippen molar-refractivity contribution in [1.82, 2.24) is 9.62 Å². The summed E-state index contributed by atoms with van der Waals surface area (Å²) < 4.78 is 26.6. The highest BCUT2D eigenvalue weighted by atomic mass is 32.2. The Morgan fingerprint density at radius 3 is 2.42 bits per heavy atom. The summed E-state index contributed by atoms with van der Waals surface area (Å²) >= 11 is 0. The smallest absolute Gasteiger partial charge is 0.236 e. The SMILES string of the molecule is CC(C)C(=O)Nc1cccc(CNC(=O)C2CCN(S(=O)(=O)/C=C/c3ccccc3)CC2)c1. The van der Waals surface area contributed by atoms with Crippen LogP contribution in [-0.4, -0.2) is 37.6 Å². The second-order valence-electron chi connectivity index (χ2n) is 8.49. The molecule has 2 N–H and O–H groups in total. The molecule has 176 valence electrons. The van der Waals surface area contributed by atoms with Crippen LogP contribution in [0.1, 0.15) is 37.8 Å². The molecule has 8 heteroatoms. The Balaban J connectivity index is 1.49. The lowest BCUT2D eigenvalue weighted by atomic mass is 9.97. The van der Waals surface area contributed by atoms with Gasteiger partial charge in [0.25, 0.3) is 0 Å². The van der Waals surface area contributed by atoms with Crippen molar-refractivity contribution in [3.63, 3.8) is 0 Å². The van der Waals surface area contributed by atoms with Gasteiger partial charge >= 0.3 is 0 Å². The number of hydrogen-bond acceptors (Lipinski definition) is 4. The van der Waals surface area contributed by atoms with Crippen molar-refractivity contribution in [2.75, 3.05) is 18.4 Å². The van der Waals surface area contributed by atoms with Gasteiger partial charge in [0, 0.05) is 42.6 Å². The molecule has 2 amide bonds. The molecule has 33 heavy (non-hydrogen) atoms. The fraction of sp³-hybridized carbons (Fsp3) is 0.360. The van der Waals surface area contributed by atoms with Gasteiger partial charge in [-0.05, 0) is 42.2 Å². The minimum atomic E-state index is -3.52. The maximum absolute atomic E-state index is 12.6. The lowest BCUT2D eigenvalue weighted by molar-refractivity contribution is -0.126. The van der Waals surface area contributed by atoms with Gasteiger partial charge in [-0.15, -0.1) is 0 Å². The van der Waals surface area contributed by atoms with E-state index in [0.29, 0.717) is 38.2 Å². The number of nitrogens with one attached hydrogen (secondary N) is 2. The van der Waals surface area contributed by atoms with Crippen LogP contribution in [0.5, 0.6) is 0 Å². The van der Waals surface area contributed by atoms with Crippen LogP contribution in [0, 0.1) is 11.8 Å². The Labute approximate surface area is 195 Å². The summed E-state index contributed by atoms with van der Waals surface area (Å²) in [4.78, 5) is 24.5. The van der Waals surface area contributed by atoms with Gasteiger partial charge in [-0.1, -0.05) is 56.3 Å². The fourth-order valence-electron chi connectivity index (χ4n) is 3.57. The van der Waals surface area contributed by atoms with Crippen LogP contribution in [0.3, 0.4) is 0 Å². The summed E-state index contributed by atoms with van der Waals surface area (Å²) in [6, 6.07) is 16.7. The zero-order chi connectivity index (χ0) is 23.8. The van der Waals surface area contributed by atoms with Crippen molar-refractivity contribution in [1.29, 1.82) is 0 Å². The lowest BCUT2D eigenvalue weighted by Gasteiger charge is -2.29. The number of anilines is 1. The van der Waals surface area contributed by atoms with Crippen molar-refractivity contribution in [3.05, 3.63) is 71.1 Å². The third-order valence-corrected chi connectivity index (χ3v) is 7.17. The highest BCUT2D eigenvalue weighted by Crippen LogP contribution is 2.21. The number of nitrogens with zero attached hydrogens (tertiary/aromatic N) is 1. The van der Waals surface area contributed by atoms with Crippen LogP contribution in [0.25, 0.3) is 6.08 Å². The Morgan fingerprint density at radius 2 is 1.76 bits per heavy atom. The molecule has 0 unspecified atom stereocenters. The zero-order valence-corrected chi connectivity index (χ0v) is 19.8. The van der Waals surface area contributed by atoms with Crippen LogP contribution in [0.2, 0.25) is 0 Å². The highest BCUT2D eigenvalue weighted by Gasteiger charge is 2.29. The van der Waals surface area contributed by atoms with Gasteiger partial charge in [0.1, 0.15) is 0 Å². The first-order chi connectivity index (χ1) is 15.7. The molecule has 2 aromatic rings. The molecule has 7 nitrogen and oxygen atoms in total. The molecule has 1 fully saturated rings. The molecule has 1 heterocycles. The first kappa shape index (κ1) is 24.7. The molecule has 1 aliphatic heterocycles. The number of piperidine rings is 1. The summed E-state index contributed by atoms with van der Waals surface area (Å²) in [5.41, 5.74) is 2.40. The molecule has 0 aromatic heterocycles. The van der Waals surface area contributed by atoms with Crippen LogP contribution in [-0.2, 0) is 26.2 Å². The van der Waals surface area contributed by atoms with Gasteiger partial charge in [-0.3, -0.25) is 9.59 Å². The number of hydrogen-bond donors (Lipinski definition) is 2. The predicted octanol–water partition coefficient (Wildman–Crippen LogP) is 3.61. The molecule has 0 spiro atoms. The summed E-state index contributed by atoms with van der Waals surface area (Å²) in [5, 5.41) is 7.02. The van der Waals surface area contributed by atoms with Gasteiger partial charge in [0.05, 0.1) is 0 Å². The first-order valence-corrected chi connectivity index (χ1v) is 12.7. The van der Waals surface area contributed by atoms with Gasteiger partial charge in [0.15, 0.2) is 0 Å². The Hall–Kier alpha value is -2.97. The number of benzene rings is 2. The van der Waals surface area contributed by atoms with Gasteiger partial charge in [-0.25, -0.2) is 8.42 Å². The number of amides is 2. The van der Waals surface area contributed by atoms with E-state index in [1.807, 2.05) is 68.4 Å². The molecule has 0 aliphatic carbocycles. The predicted molar refractivity (Wildman–Crippen MR) is 130 cm³/mol. The molecule has 0 radical (unpaired) electrons. The second kappa shape index (κ2) is 11.2. The average Bonchev–Trinajstić information content (AvgIpc) is 2.82. The average molecular weight is 470 g/mol. The molecule has 1 saturated heterocycles. The molecule has 2 aromatic carbocycles. The summed E-state index contributed by atoms with van der Waals surface area (Å²) in [6.07, 6.45) is 2.55. The van der Waals surface area contributed by atoms with Crippen molar-refractivity contribution in [2.45, 2.75) is 33.2 Å². The van der Waals surface area contributed by atoms with Gasteiger partial charge < -0.3 is 10.6 Å². The van der Waals surface area contributed by atoms with Crippen molar-refractivity contribution in [2.24, 2.45) is 11.8 Å². The van der Waals surface area contributed by atoms with E-state index in [-0.39, 0.29) is 23.7 Å². The van der Waals surface area contributed by atoms with E-state index in [4.69, 9.17) is 0 Å². The van der Waals surface area contributed by atoms with Crippen molar-refractivity contribution >= 4 is 33.6 Å². The zero-order valence-electron chi connectivity index (χ0n) is 19.0. The normalized spacial score (nSPS) is 15.6. The maximum atomic E-state index is 12.6. The highest BCUT2D eigenvalue weighted by molar-refractivity contribution is 7.92. The van der Waals surface area contributed by atoms with E-state index < -0.39 is 10.0 Å². The minimum Gasteiger partial charge on any atom is -0.352 e. The van der Waals surface area contributed by atoms with Crippen molar-refractivity contribution < 1.29 is 18.0 Å². The molecule has 3 rings (SSSR count). The van der Waals surface area contributed by atoms with E-state index in [9.17, 15) is 18.0 Å². The first-order valence-electron chi connectivity index (χ1n) is 11.2. The van der Waals surface area contributed by atoms with E-state index in [1.165, 1.54) is 9.71 Å². The van der Waals surface area contributed by atoms with E-state index in [0.717, 1.165) is 11.1 Å². The molecule has 0 bridgehead atoms. The van der Waals surface area contributed by atoms with Crippen LogP contribution >= 0.6 is 0 Å². The maximum Gasteiger partial charge on any atom is 0.236 e. The third-order valence-electron chi connectivity index (χ3n) is 5.60. The van der Waals surface area contributed by atoms with Gasteiger partial charge in [-0.2, -0.15) is 4.31 Å². The van der Waals surface area contributed by atoms with Crippen molar-refractivity contribution in [3.8, 4) is 0 Å². The second-order valence-corrected chi connectivity index (χ2v) is 10.3. The summed E-state index contributed by atoms with van der Waals surface area (Å²) in [6.45, 7) is 4.64. The fourth-order valence-corrected chi connectivity index (χ4v) is 4.79. The number of rotatable bonds is 8. The third kappa shape index (κ3) is 7.27. The summed E-state index contributed by atoms with van der Waals surface area (Å²) in [5.74, 6) is -0.477. The van der Waals surface area contributed by atoms with E-state index in [2.05, 4.69) is 10.6 Å². The lowest BCUT2D eigenvalue weighted by Crippen LogP contribution is -2.42. The van der Waals surface area contributed by atoms with E-state index >= 15 is 0 Å². The number of carbonyl (C=O) groups excluding carboxylic acids is 2. The van der Waals surface area contributed by atoms with Gasteiger partial charge in [0.2, 0.25) is 21.8 Å². The Morgan fingerprint density at radius 1 is 1.06 bits per heavy atom. The monoisotopic (exact) mass is 469 g/mol. The Kier molecular flexibility index (Phi) is 8.41. The molecular formula is C25H31N3O4S. The number of sulfonamides is 1. The summed E-state index contributed by atoms with van der Waals surface area (Å²) in [7, 11) is -3.52. The largest absolute Gasteiger partial charge is 0.352 e. The van der Waals surface area contributed by atoms with Crippen LogP contribution in [0.15, 0.2) is 60.0 Å². The topological polar surface area (TPSA) is 95.6 Å². The Bertz CT molecular complexity index is 1090. The van der Waals surface area contributed by atoms with E-state index in [1.54, 1.807) is 6.08 Å². The number of carbonyl (C=O) groups is 2. The molecule has 1 aliphatic rings.